The number of nitrogens with two attached hydrogens (primary N) is 1. The maximum atomic E-state index is 12.8. The van der Waals surface area contributed by atoms with Crippen LogP contribution in [0.5, 0.6) is 0 Å². The van der Waals surface area contributed by atoms with Gasteiger partial charge in [-0.15, -0.1) is 0 Å². The highest BCUT2D eigenvalue weighted by molar-refractivity contribution is 5.28. The third-order valence-electron chi connectivity index (χ3n) is 0.868. The molecule has 0 aliphatic carbocycles. The first-order chi connectivity index (χ1) is 5.41. The number of hydrogen-bond acceptors (Lipinski definition) is 2. The standard InChI is InChI=1S/C6H7FN2/c1-4-5(7)2-3-6(8)9-4/h2-3H,1H3,(H2,8,9)/i1D3. The number of nitrogen functional groups attached to an aromatic ring is 1. The first-order valence-corrected chi connectivity index (χ1v) is 2.34. The number of anilines is 1. The molecule has 0 bridgehead atoms. The molecule has 0 saturated heterocycles. The van der Waals surface area contributed by atoms with E-state index in [2.05, 4.69) is 4.98 Å². The van der Waals surface area contributed by atoms with Gasteiger partial charge in [-0.1, -0.05) is 0 Å². The predicted molar refractivity (Wildman–Crippen MR) is 33.3 cm³/mol. The summed E-state index contributed by atoms with van der Waals surface area (Å²) in [5.74, 6) is -0.855. The lowest BCUT2D eigenvalue weighted by Crippen LogP contribution is -1.93. The van der Waals surface area contributed by atoms with Crippen LogP contribution >= 0.6 is 0 Å². The van der Waals surface area contributed by atoms with Crippen LogP contribution in [0.1, 0.15) is 9.81 Å². The second-order valence-corrected chi connectivity index (χ2v) is 1.57. The normalized spacial score (nSPS) is 15.9. The van der Waals surface area contributed by atoms with Gasteiger partial charge in [-0.25, -0.2) is 9.37 Å². The fraction of sp³-hybridized carbons (Fsp3) is 0.167. The Hall–Kier alpha value is -1.12. The van der Waals surface area contributed by atoms with Crippen molar-refractivity contribution in [3.05, 3.63) is 23.6 Å². The van der Waals surface area contributed by atoms with Crippen molar-refractivity contribution in [1.29, 1.82) is 0 Å². The van der Waals surface area contributed by atoms with Gasteiger partial charge in [0.05, 0.1) is 5.69 Å². The van der Waals surface area contributed by atoms with E-state index in [1.807, 2.05) is 0 Å². The van der Waals surface area contributed by atoms with E-state index in [1.54, 1.807) is 0 Å². The maximum absolute atomic E-state index is 12.8. The minimum absolute atomic E-state index is 0.00234. The van der Waals surface area contributed by atoms with Crippen LogP contribution in [0, 0.1) is 12.7 Å². The lowest BCUT2D eigenvalue weighted by molar-refractivity contribution is 0.610. The molecule has 0 aromatic carbocycles. The number of aryl methyl sites for hydroxylation is 1. The summed E-state index contributed by atoms with van der Waals surface area (Å²) in [6.07, 6.45) is 0. The highest BCUT2D eigenvalue weighted by atomic mass is 19.1. The largest absolute Gasteiger partial charge is 0.384 e. The van der Waals surface area contributed by atoms with Crippen LogP contribution in [0.4, 0.5) is 10.2 Å². The molecular formula is C6H7FN2. The number of hydrogen-bond donors (Lipinski definition) is 1. The van der Waals surface area contributed by atoms with Crippen LogP contribution in [0.15, 0.2) is 12.1 Å². The number of nitrogens with zero attached hydrogens (tertiary/aromatic N) is 1. The topological polar surface area (TPSA) is 38.9 Å². The lowest BCUT2D eigenvalue weighted by atomic mass is 10.3. The summed E-state index contributed by atoms with van der Waals surface area (Å²) in [4.78, 5) is 3.38. The Balaban J connectivity index is 3.23. The van der Waals surface area contributed by atoms with Gasteiger partial charge in [-0.2, -0.15) is 0 Å². The second kappa shape index (κ2) is 2.01. The van der Waals surface area contributed by atoms with E-state index in [0.29, 0.717) is 0 Å². The highest BCUT2D eigenvalue weighted by Gasteiger charge is 1.95. The Labute approximate surface area is 56.7 Å². The van der Waals surface area contributed by atoms with Gasteiger partial charge in [-0.3, -0.25) is 0 Å². The first-order valence-electron chi connectivity index (χ1n) is 3.84. The summed E-state index contributed by atoms with van der Waals surface area (Å²) in [5.41, 5.74) is 4.62. The molecule has 0 unspecified atom stereocenters. The highest BCUT2D eigenvalue weighted by Crippen LogP contribution is 2.04. The number of rotatable bonds is 0. The molecule has 48 valence electrons. The molecule has 1 heterocycles. The molecule has 2 nitrogen and oxygen atoms in total. The molecule has 3 heteroatoms. The molecule has 0 aliphatic heterocycles. The van der Waals surface area contributed by atoms with Crippen LogP contribution in [-0.4, -0.2) is 4.98 Å². The smallest absolute Gasteiger partial charge is 0.144 e. The molecule has 0 amide bonds. The van der Waals surface area contributed by atoms with Crippen molar-refractivity contribution in [2.75, 3.05) is 5.73 Å². The maximum Gasteiger partial charge on any atom is 0.144 e. The molecule has 9 heavy (non-hydrogen) atoms. The Morgan fingerprint density at radius 1 is 1.78 bits per heavy atom. The number of aromatic nitrogens is 1. The molecule has 1 aromatic heterocycles. The Kier molecular flexibility index (Phi) is 0.704. The number of pyridine rings is 1. The van der Waals surface area contributed by atoms with Gasteiger partial charge >= 0.3 is 0 Å². The fourth-order valence-electron chi connectivity index (χ4n) is 0.457. The van der Waals surface area contributed by atoms with E-state index in [-0.39, 0.29) is 5.82 Å². The predicted octanol–water partition coefficient (Wildman–Crippen LogP) is 1.11. The third-order valence-corrected chi connectivity index (χ3v) is 0.868. The molecule has 0 aliphatic rings. The van der Waals surface area contributed by atoms with Crippen LogP contribution in [0.25, 0.3) is 0 Å². The molecule has 0 fully saturated rings. The molecule has 2 N–H and O–H groups in total. The van der Waals surface area contributed by atoms with Crippen molar-refractivity contribution in [2.24, 2.45) is 0 Å². The molecule has 0 spiro atoms. The fourth-order valence-corrected chi connectivity index (χ4v) is 0.457. The average molecular weight is 129 g/mol. The summed E-state index contributed by atoms with van der Waals surface area (Å²) in [6, 6.07) is 2.20. The van der Waals surface area contributed by atoms with Crippen LogP contribution < -0.4 is 5.73 Å². The quantitative estimate of drug-likeness (QED) is 0.570. The van der Waals surface area contributed by atoms with Crippen LogP contribution in [0.3, 0.4) is 0 Å². The molecule has 1 aromatic rings. The van der Waals surface area contributed by atoms with E-state index in [9.17, 15) is 4.39 Å². The lowest BCUT2D eigenvalue weighted by Gasteiger charge is -1.94. The van der Waals surface area contributed by atoms with Gasteiger partial charge in [-0.05, 0) is 19.0 Å². The van der Waals surface area contributed by atoms with E-state index >= 15 is 0 Å². The van der Waals surface area contributed by atoms with E-state index in [1.165, 1.54) is 6.07 Å². The summed E-state index contributed by atoms with van der Waals surface area (Å²) in [7, 11) is 0. The van der Waals surface area contributed by atoms with Crippen molar-refractivity contribution in [3.63, 3.8) is 0 Å². The van der Waals surface area contributed by atoms with Gasteiger partial charge < -0.3 is 5.73 Å². The van der Waals surface area contributed by atoms with Gasteiger partial charge in [0.2, 0.25) is 0 Å². The summed E-state index contributed by atoms with van der Waals surface area (Å²) in [5, 5.41) is 0. The van der Waals surface area contributed by atoms with Crippen molar-refractivity contribution in [3.8, 4) is 0 Å². The van der Waals surface area contributed by atoms with Crippen LogP contribution in [0.2, 0.25) is 0 Å². The average Bonchev–Trinajstić information content (AvgIpc) is 1.92. The van der Waals surface area contributed by atoms with Gasteiger partial charge in [0, 0.05) is 4.11 Å². The number of halogens is 1. The zero-order chi connectivity index (χ0) is 9.35. The van der Waals surface area contributed by atoms with E-state index in [0.717, 1.165) is 6.07 Å². The van der Waals surface area contributed by atoms with Gasteiger partial charge in [0.1, 0.15) is 11.6 Å². The Morgan fingerprint density at radius 2 is 2.56 bits per heavy atom. The van der Waals surface area contributed by atoms with Gasteiger partial charge in [0.15, 0.2) is 0 Å². The van der Waals surface area contributed by atoms with Crippen LogP contribution in [-0.2, 0) is 0 Å². The first kappa shape index (κ1) is 3.15. The molecule has 1 rings (SSSR count). The Bertz CT molecular complexity index is 297. The summed E-state index contributed by atoms with van der Waals surface area (Å²) >= 11 is 0. The van der Waals surface area contributed by atoms with Crippen molar-refractivity contribution in [2.45, 2.75) is 6.85 Å². The molecule has 0 atom stereocenters. The Morgan fingerprint density at radius 3 is 3.11 bits per heavy atom. The molecular weight excluding hydrogens is 119 g/mol. The van der Waals surface area contributed by atoms with Gasteiger partial charge in [0.25, 0.3) is 0 Å². The minimum atomic E-state index is -2.54. The zero-order valence-electron chi connectivity index (χ0n) is 7.56. The van der Waals surface area contributed by atoms with E-state index < -0.39 is 18.4 Å². The molecule has 0 saturated carbocycles. The van der Waals surface area contributed by atoms with Crippen molar-refractivity contribution >= 4 is 5.82 Å². The molecule has 0 radical (unpaired) electrons. The van der Waals surface area contributed by atoms with Crippen molar-refractivity contribution < 1.29 is 8.50 Å². The summed E-state index contributed by atoms with van der Waals surface area (Å²) < 4.78 is 33.4. The van der Waals surface area contributed by atoms with Crippen molar-refractivity contribution in [1.82, 2.24) is 4.98 Å². The third kappa shape index (κ3) is 1.16. The SMILES string of the molecule is [2H]C([2H])([2H])c1nc(N)ccc1F. The zero-order valence-corrected chi connectivity index (χ0v) is 4.56. The minimum Gasteiger partial charge on any atom is -0.384 e. The summed E-state index contributed by atoms with van der Waals surface area (Å²) in [6.45, 7) is -2.54. The van der Waals surface area contributed by atoms with E-state index in [4.69, 9.17) is 9.85 Å². The second-order valence-electron chi connectivity index (χ2n) is 1.57. The monoisotopic (exact) mass is 129 g/mol.